The van der Waals surface area contributed by atoms with Crippen LogP contribution in [-0.2, 0) is 32.6 Å². The lowest BCUT2D eigenvalue weighted by molar-refractivity contribution is -0.140. The van der Waals surface area contributed by atoms with Crippen LogP contribution in [0.25, 0.3) is 0 Å². The molecule has 0 aliphatic rings. The van der Waals surface area contributed by atoms with Gasteiger partial charge >= 0.3 is 0 Å². The van der Waals surface area contributed by atoms with E-state index in [9.17, 15) is 18.0 Å². The minimum atomic E-state index is -4.21. The molecule has 0 aromatic heterocycles. The third-order valence-electron chi connectivity index (χ3n) is 7.48. The lowest BCUT2D eigenvalue weighted by Gasteiger charge is -2.34. The second-order valence-electron chi connectivity index (χ2n) is 10.9. The third kappa shape index (κ3) is 10.2. The molecule has 2 amide bonds. The van der Waals surface area contributed by atoms with Crippen LogP contribution < -0.4 is 14.4 Å². The minimum absolute atomic E-state index is 0.0278. The second kappa shape index (κ2) is 17.5. The van der Waals surface area contributed by atoms with Crippen LogP contribution in [0.1, 0.15) is 37.8 Å². The van der Waals surface area contributed by atoms with Crippen molar-refractivity contribution in [1.82, 2.24) is 10.2 Å². The number of carbonyl (C=O) groups excluding carboxylic acids is 2. The van der Waals surface area contributed by atoms with E-state index in [-0.39, 0.29) is 23.8 Å². The van der Waals surface area contributed by atoms with Crippen molar-refractivity contribution in [3.63, 3.8) is 0 Å². The molecule has 0 aliphatic carbocycles. The maximum absolute atomic E-state index is 14.6. The summed E-state index contributed by atoms with van der Waals surface area (Å²) in [6.45, 7) is 4.39. The fourth-order valence-corrected chi connectivity index (χ4v) is 6.93. The number of hydrogen-bond donors (Lipinski definition) is 1. The summed E-state index contributed by atoms with van der Waals surface area (Å²) in [5.74, 6) is -0.239. The molecule has 11 heteroatoms. The largest absolute Gasteiger partial charge is 0.494 e. The molecule has 1 atom stereocenters. The van der Waals surface area contributed by atoms with E-state index >= 15 is 0 Å². The van der Waals surface area contributed by atoms with Gasteiger partial charge in [0.15, 0.2) is 0 Å². The molecule has 1 N–H and O–H groups in total. The van der Waals surface area contributed by atoms with Gasteiger partial charge in [0, 0.05) is 28.5 Å². The zero-order valence-corrected chi connectivity index (χ0v) is 30.4. The molecule has 0 heterocycles. The van der Waals surface area contributed by atoms with Gasteiger partial charge in [0.2, 0.25) is 11.8 Å². The van der Waals surface area contributed by atoms with Crippen molar-refractivity contribution in [1.29, 1.82) is 0 Å². The van der Waals surface area contributed by atoms with Gasteiger partial charge in [-0.1, -0.05) is 87.7 Å². The van der Waals surface area contributed by atoms with Gasteiger partial charge in [-0.05, 0) is 85.1 Å². The van der Waals surface area contributed by atoms with Crippen LogP contribution in [-0.4, -0.2) is 50.9 Å². The Balaban J connectivity index is 1.78. The summed E-state index contributed by atoms with van der Waals surface area (Å²) < 4.78 is 36.7. The van der Waals surface area contributed by atoms with E-state index in [1.54, 1.807) is 36.4 Å². The standard InChI is InChI=1S/C36H39Br2N3O5S/c1-3-5-23-39-36(43)34(24-27-9-7-6-8-10-27)40(25-28-11-13-29(37)14-12-28)35(42)26-41(31-17-19-32(20-18-31)46-4-2)47(44,45)33-21-15-30(38)16-22-33/h6-22,34H,3-5,23-26H2,1-2H3,(H,39,43)/t34-/m1/s1. The van der Waals surface area contributed by atoms with Gasteiger partial charge in [0.25, 0.3) is 10.0 Å². The van der Waals surface area contributed by atoms with Gasteiger partial charge in [-0.15, -0.1) is 0 Å². The Morgan fingerprint density at radius 2 is 1.43 bits per heavy atom. The predicted octanol–water partition coefficient (Wildman–Crippen LogP) is 7.36. The van der Waals surface area contributed by atoms with Gasteiger partial charge in [0.1, 0.15) is 18.3 Å². The zero-order valence-electron chi connectivity index (χ0n) is 26.4. The zero-order chi connectivity index (χ0) is 33.8. The number of ether oxygens (including phenoxy) is 1. The van der Waals surface area contributed by atoms with Gasteiger partial charge in [-0.3, -0.25) is 13.9 Å². The Kier molecular flexibility index (Phi) is 13.4. The van der Waals surface area contributed by atoms with Crippen molar-refractivity contribution in [2.24, 2.45) is 0 Å². The first-order chi connectivity index (χ1) is 22.6. The molecule has 8 nitrogen and oxygen atoms in total. The lowest BCUT2D eigenvalue weighted by Crippen LogP contribution is -2.53. The van der Waals surface area contributed by atoms with Gasteiger partial charge in [0.05, 0.1) is 17.2 Å². The Morgan fingerprint density at radius 3 is 2.02 bits per heavy atom. The van der Waals surface area contributed by atoms with Crippen molar-refractivity contribution >= 4 is 59.4 Å². The molecule has 0 saturated heterocycles. The summed E-state index contributed by atoms with van der Waals surface area (Å²) in [7, 11) is -4.21. The number of unbranched alkanes of at least 4 members (excludes halogenated alkanes) is 1. The number of halogens is 2. The molecule has 47 heavy (non-hydrogen) atoms. The van der Waals surface area contributed by atoms with Crippen LogP contribution in [0.4, 0.5) is 5.69 Å². The quantitative estimate of drug-likeness (QED) is 0.120. The highest BCUT2D eigenvalue weighted by Crippen LogP contribution is 2.28. The number of nitrogens with zero attached hydrogens (tertiary/aromatic N) is 2. The van der Waals surface area contributed by atoms with Crippen LogP contribution in [0.5, 0.6) is 5.75 Å². The summed E-state index contributed by atoms with van der Waals surface area (Å²) in [6.07, 6.45) is 1.95. The highest BCUT2D eigenvalue weighted by atomic mass is 79.9. The average Bonchev–Trinajstić information content (AvgIpc) is 3.07. The van der Waals surface area contributed by atoms with Crippen LogP contribution in [0.2, 0.25) is 0 Å². The smallest absolute Gasteiger partial charge is 0.264 e. The molecule has 0 fully saturated rings. The van der Waals surface area contributed by atoms with Gasteiger partial charge in [-0.25, -0.2) is 8.42 Å². The monoisotopic (exact) mass is 783 g/mol. The molecule has 0 unspecified atom stereocenters. The molecule has 4 aromatic rings. The molecule has 0 bridgehead atoms. The predicted molar refractivity (Wildman–Crippen MR) is 193 cm³/mol. The van der Waals surface area contributed by atoms with Crippen LogP contribution in [0.15, 0.2) is 117 Å². The highest BCUT2D eigenvalue weighted by Gasteiger charge is 2.34. The molecule has 0 radical (unpaired) electrons. The summed E-state index contributed by atoms with van der Waals surface area (Å²) in [5, 5.41) is 3.01. The van der Waals surface area contributed by atoms with E-state index in [0.29, 0.717) is 24.6 Å². The number of carbonyl (C=O) groups is 2. The number of hydrogen-bond acceptors (Lipinski definition) is 5. The summed E-state index contributed by atoms with van der Waals surface area (Å²) >= 11 is 6.83. The Labute approximate surface area is 294 Å². The number of benzene rings is 4. The minimum Gasteiger partial charge on any atom is -0.494 e. The first-order valence-corrected chi connectivity index (χ1v) is 18.5. The Hall–Kier alpha value is -3.67. The molecular formula is C36H39Br2N3O5S. The molecule has 4 rings (SSSR count). The fourth-order valence-electron chi connectivity index (χ4n) is 4.98. The second-order valence-corrected chi connectivity index (χ2v) is 14.6. The molecule has 0 aliphatic heterocycles. The van der Waals surface area contributed by atoms with E-state index in [4.69, 9.17) is 4.74 Å². The van der Waals surface area contributed by atoms with Gasteiger partial charge < -0.3 is 15.0 Å². The Morgan fingerprint density at radius 1 is 0.809 bits per heavy atom. The summed E-state index contributed by atoms with van der Waals surface area (Å²) in [4.78, 5) is 29.9. The molecular weight excluding hydrogens is 746 g/mol. The summed E-state index contributed by atoms with van der Waals surface area (Å²) in [6, 6.07) is 28.9. The first-order valence-electron chi connectivity index (χ1n) is 15.5. The normalized spacial score (nSPS) is 11.8. The number of nitrogens with one attached hydrogen (secondary N) is 1. The highest BCUT2D eigenvalue weighted by molar-refractivity contribution is 9.10. The first kappa shape index (κ1) is 36.2. The number of anilines is 1. The topological polar surface area (TPSA) is 96.0 Å². The van der Waals surface area contributed by atoms with Crippen LogP contribution in [0.3, 0.4) is 0 Å². The van der Waals surface area contributed by atoms with Crippen LogP contribution in [0, 0.1) is 0 Å². The van der Waals surface area contributed by atoms with Crippen LogP contribution >= 0.6 is 31.9 Å². The van der Waals surface area contributed by atoms with Crippen molar-refractivity contribution in [2.45, 2.75) is 50.6 Å². The van der Waals surface area contributed by atoms with Crippen molar-refractivity contribution in [3.05, 3.63) is 123 Å². The molecule has 0 saturated carbocycles. The van der Waals surface area contributed by atoms with Gasteiger partial charge in [-0.2, -0.15) is 0 Å². The number of sulfonamides is 1. The molecule has 0 spiro atoms. The molecule has 4 aromatic carbocycles. The average molecular weight is 786 g/mol. The van der Waals surface area contributed by atoms with E-state index < -0.39 is 28.5 Å². The Bertz CT molecular complexity index is 1700. The maximum Gasteiger partial charge on any atom is 0.264 e. The lowest BCUT2D eigenvalue weighted by atomic mass is 10.0. The SMILES string of the molecule is CCCCNC(=O)[C@@H](Cc1ccccc1)N(Cc1ccc(Br)cc1)C(=O)CN(c1ccc(OCC)cc1)S(=O)(=O)c1ccc(Br)cc1. The van der Waals surface area contributed by atoms with Crippen molar-refractivity contribution < 1.29 is 22.7 Å². The maximum atomic E-state index is 14.6. The number of rotatable bonds is 16. The van der Waals surface area contributed by atoms with E-state index in [1.807, 2.05) is 68.4 Å². The van der Waals surface area contributed by atoms with Crippen molar-refractivity contribution in [2.75, 3.05) is 24.0 Å². The number of amides is 2. The third-order valence-corrected chi connectivity index (χ3v) is 10.3. The van der Waals surface area contributed by atoms with E-state index in [1.165, 1.54) is 17.0 Å². The van der Waals surface area contributed by atoms with E-state index in [0.717, 1.165) is 37.2 Å². The van der Waals surface area contributed by atoms with Crippen molar-refractivity contribution in [3.8, 4) is 5.75 Å². The van der Waals surface area contributed by atoms with E-state index in [2.05, 4.69) is 37.2 Å². The fraction of sp³-hybridized carbons (Fsp3) is 0.278. The molecule has 248 valence electrons. The summed E-state index contributed by atoms with van der Waals surface area (Å²) in [5.41, 5.74) is 1.97.